The quantitative estimate of drug-likeness (QED) is 0.663. The number of urea groups is 1. The number of non-ortho nitro benzene ring substituents is 1. The number of nitro groups is 1. The molecule has 0 atom stereocenters. The topological polar surface area (TPSA) is 84.3 Å². The summed E-state index contributed by atoms with van der Waals surface area (Å²) in [5, 5.41) is 15.9. The lowest BCUT2D eigenvalue weighted by atomic mass is 10.1. The summed E-state index contributed by atoms with van der Waals surface area (Å²) < 4.78 is 0. The Hall–Kier alpha value is -2.89. The fourth-order valence-corrected chi connectivity index (χ4v) is 2.01. The van der Waals surface area contributed by atoms with E-state index in [0.717, 1.165) is 11.1 Å². The number of aryl methyl sites for hydroxylation is 2. The number of hydrogen-bond donors (Lipinski definition) is 2. The van der Waals surface area contributed by atoms with Crippen molar-refractivity contribution < 1.29 is 9.72 Å². The van der Waals surface area contributed by atoms with Gasteiger partial charge in [0.2, 0.25) is 0 Å². The van der Waals surface area contributed by atoms with Crippen LogP contribution < -0.4 is 10.6 Å². The zero-order chi connectivity index (χ0) is 15.4. The van der Waals surface area contributed by atoms with E-state index in [1.165, 1.54) is 24.3 Å². The van der Waals surface area contributed by atoms with E-state index in [1.54, 1.807) is 0 Å². The molecule has 0 aliphatic rings. The normalized spacial score (nSPS) is 10.0. The van der Waals surface area contributed by atoms with Gasteiger partial charge in [-0.3, -0.25) is 10.1 Å². The summed E-state index contributed by atoms with van der Waals surface area (Å²) in [5.74, 6) is 0. The average molecular weight is 285 g/mol. The second-order valence-corrected chi connectivity index (χ2v) is 4.76. The number of nitrogens with one attached hydrogen (secondary N) is 2. The maximum absolute atomic E-state index is 11.9. The van der Waals surface area contributed by atoms with Gasteiger partial charge in [-0.25, -0.2) is 4.79 Å². The number of carbonyl (C=O) groups is 1. The predicted octanol–water partition coefficient (Wildman–Crippen LogP) is 3.86. The van der Waals surface area contributed by atoms with Crippen LogP contribution in [0.1, 0.15) is 11.1 Å². The van der Waals surface area contributed by atoms with Gasteiger partial charge in [0.05, 0.1) is 4.92 Å². The summed E-state index contributed by atoms with van der Waals surface area (Å²) in [4.78, 5) is 21.9. The highest BCUT2D eigenvalue weighted by Crippen LogP contribution is 2.17. The van der Waals surface area contributed by atoms with Crippen molar-refractivity contribution in [2.45, 2.75) is 13.8 Å². The van der Waals surface area contributed by atoms with Crippen molar-refractivity contribution in [2.75, 3.05) is 10.6 Å². The molecule has 6 heteroatoms. The van der Waals surface area contributed by atoms with Crippen molar-refractivity contribution in [1.29, 1.82) is 0 Å². The van der Waals surface area contributed by atoms with Crippen molar-refractivity contribution in [2.24, 2.45) is 0 Å². The lowest BCUT2D eigenvalue weighted by molar-refractivity contribution is -0.384. The first kappa shape index (κ1) is 14.5. The predicted molar refractivity (Wildman–Crippen MR) is 81.7 cm³/mol. The van der Waals surface area contributed by atoms with E-state index in [-0.39, 0.29) is 5.69 Å². The first-order valence-corrected chi connectivity index (χ1v) is 6.35. The minimum Gasteiger partial charge on any atom is -0.308 e. The average Bonchev–Trinajstić information content (AvgIpc) is 2.37. The van der Waals surface area contributed by atoms with Crippen LogP contribution in [0.15, 0.2) is 42.5 Å². The molecule has 0 aromatic heterocycles. The Labute approximate surface area is 121 Å². The molecule has 0 aliphatic carbocycles. The van der Waals surface area contributed by atoms with Crippen LogP contribution in [0, 0.1) is 24.0 Å². The molecule has 6 nitrogen and oxygen atoms in total. The Kier molecular flexibility index (Phi) is 4.18. The molecule has 0 spiro atoms. The second-order valence-electron chi connectivity index (χ2n) is 4.76. The molecule has 0 aliphatic heterocycles. The van der Waals surface area contributed by atoms with Crippen LogP contribution in [0.25, 0.3) is 0 Å². The summed E-state index contributed by atoms with van der Waals surface area (Å²) in [6.45, 7) is 3.90. The van der Waals surface area contributed by atoms with Crippen LogP contribution in [0.4, 0.5) is 21.9 Å². The third-order valence-electron chi connectivity index (χ3n) is 2.82. The summed E-state index contributed by atoms with van der Waals surface area (Å²) >= 11 is 0. The van der Waals surface area contributed by atoms with E-state index >= 15 is 0 Å². The van der Waals surface area contributed by atoms with Crippen LogP contribution in [0.3, 0.4) is 0 Å². The number of rotatable bonds is 3. The molecular weight excluding hydrogens is 270 g/mol. The van der Waals surface area contributed by atoms with E-state index < -0.39 is 11.0 Å². The number of benzene rings is 2. The SMILES string of the molecule is Cc1cc(C)cc(NC(=O)Nc2ccc([N+](=O)[O-])cc2)c1. The number of anilines is 2. The van der Waals surface area contributed by atoms with Crippen LogP contribution in [0.2, 0.25) is 0 Å². The highest BCUT2D eigenvalue weighted by molar-refractivity contribution is 5.99. The lowest BCUT2D eigenvalue weighted by Crippen LogP contribution is -2.19. The second kappa shape index (κ2) is 6.04. The molecule has 0 saturated carbocycles. The van der Waals surface area contributed by atoms with Crippen molar-refractivity contribution in [3.8, 4) is 0 Å². The number of carbonyl (C=O) groups excluding carboxylic acids is 1. The van der Waals surface area contributed by atoms with Gasteiger partial charge < -0.3 is 10.6 Å². The van der Waals surface area contributed by atoms with E-state index in [9.17, 15) is 14.9 Å². The number of hydrogen-bond acceptors (Lipinski definition) is 3. The minimum absolute atomic E-state index is 0.0183. The minimum atomic E-state index is -0.487. The zero-order valence-electron chi connectivity index (χ0n) is 11.7. The van der Waals surface area contributed by atoms with Gasteiger partial charge in [-0.15, -0.1) is 0 Å². The van der Waals surface area contributed by atoms with E-state index in [2.05, 4.69) is 10.6 Å². The van der Waals surface area contributed by atoms with Gasteiger partial charge in [-0.1, -0.05) is 6.07 Å². The number of nitro benzene ring substituents is 1. The molecule has 2 rings (SSSR count). The lowest BCUT2D eigenvalue weighted by Gasteiger charge is -2.09. The summed E-state index contributed by atoms with van der Waals surface area (Å²) in [7, 11) is 0. The summed E-state index contributed by atoms with van der Waals surface area (Å²) in [6.07, 6.45) is 0. The monoisotopic (exact) mass is 285 g/mol. The molecule has 2 aromatic carbocycles. The van der Waals surface area contributed by atoms with E-state index in [4.69, 9.17) is 0 Å². The third-order valence-corrected chi connectivity index (χ3v) is 2.82. The molecule has 2 N–H and O–H groups in total. The van der Waals surface area contributed by atoms with E-state index in [0.29, 0.717) is 11.4 Å². The van der Waals surface area contributed by atoms with Gasteiger partial charge in [-0.05, 0) is 49.2 Å². The molecule has 0 radical (unpaired) electrons. The Morgan fingerprint density at radius 3 is 2.00 bits per heavy atom. The highest BCUT2D eigenvalue weighted by Gasteiger charge is 2.07. The number of amides is 2. The Morgan fingerprint density at radius 1 is 0.952 bits per heavy atom. The van der Waals surface area contributed by atoms with Gasteiger partial charge in [-0.2, -0.15) is 0 Å². The molecule has 21 heavy (non-hydrogen) atoms. The Bertz CT molecular complexity index is 661. The standard InChI is InChI=1S/C15H15N3O3/c1-10-7-11(2)9-13(8-10)17-15(19)16-12-3-5-14(6-4-12)18(20)21/h3-9H,1-2H3,(H2,16,17,19). The zero-order valence-corrected chi connectivity index (χ0v) is 11.7. The Balaban J connectivity index is 2.02. The molecule has 108 valence electrons. The maximum atomic E-state index is 11.9. The van der Waals surface area contributed by atoms with Crippen LogP contribution in [0.5, 0.6) is 0 Å². The smallest absolute Gasteiger partial charge is 0.308 e. The summed E-state index contributed by atoms with van der Waals surface area (Å²) in [6, 6.07) is 11.0. The van der Waals surface area contributed by atoms with Gasteiger partial charge in [0.15, 0.2) is 0 Å². The van der Waals surface area contributed by atoms with Crippen LogP contribution in [-0.2, 0) is 0 Å². The number of nitrogens with zero attached hydrogens (tertiary/aromatic N) is 1. The third kappa shape index (κ3) is 4.04. The van der Waals surface area contributed by atoms with Crippen molar-refractivity contribution >= 4 is 23.1 Å². The summed E-state index contributed by atoms with van der Waals surface area (Å²) in [5.41, 5.74) is 3.28. The molecule has 0 fully saturated rings. The van der Waals surface area contributed by atoms with Gasteiger partial charge in [0, 0.05) is 23.5 Å². The maximum Gasteiger partial charge on any atom is 0.323 e. The Morgan fingerprint density at radius 2 is 1.48 bits per heavy atom. The van der Waals surface area contributed by atoms with Crippen molar-refractivity contribution in [1.82, 2.24) is 0 Å². The highest BCUT2D eigenvalue weighted by atomic mass is 16.6. The first-order valence-electron chi connectivity index (χ1n) is 6.35. The van der Waals surface area contributed by atoms with Crippen LogP contribution >= 0.6 is 0 Å². The van der Waals surface area contributed by atoms with Gasteiger partial charge in [0.25, 0.3) is 5.69 Å². The molecule has 2 aromatic rings. The van der Waals surface area contributed by atoms with Crippen molar-refractivity contribution in [3.05, 3.63) is 63.7 Å². The fourth-order valence-electron chi connectivity index (χ4n) is 2.01. The molecular formula is C15H15N3O3. The molecule has 2 amide bonds. The molecule has 0 unspecified atom stereocenters. The fraction of sp³-hybridized carbons (Fsp3) is 0.133. The molecule has 0 bridgehead atoms. The molecule has 0 saturated heterocycles. The van der Waals surface area contributed by atoms with Gasteiger partial charge >= 0.3 is 6.03 Å². The van der Waals surface area contributed by atoms with Crippen LogP contribution in [-0.4, -0.2) is 11.0 Å². The van der Waals surface area contributed by atoms with Gasteiger partial charge in [0.1, 0.15) is 0 Å². The molecule has 0 heterocycles. The van der Waals surface area contributed by atoms with Crippen molar-refractivity contribution in [3.63, 3.8) is 0 Å². The first-order chi connectivity index (χ1) is 9.94. The van der Waals surface area contributed by atoms with E-state index in [1.807, 2.05) is 32.0 Å². The largest absolute Gasteiger partial charge is 0.323 e.